The van der Waals surface area contributed by atoms with Crippen LogP contribution in [0.3, 0.4) is 0 Å². The summed E-state index contributed by atoms with van der Waals surface area (Å²) in [6, 6.07) is 17.6. The molecular formula is C29H31N5O6. The molecule has 0 spiro atoms. The zero-order valence-electron chi connectivity index (χ0n) is 22.6. The minimum atomic E-state index is -0.626. The summed E-state index contributed by atoms with van der Waals surface area (Å²) in [6.45, 7) is 5.35. The molecule has 0 atom stereocenters. The van der Waals surface area contributed by atoms with Gasteiger partial charge in [-0.3, -0.25) is 10.1 Å². The fourth-order valence-corrected chi connectivity index (χ4v) is 3.87. The molecule has 0 aliphatic heterocycles. The van der Waals surface area contributed by atoms with Crippen molar-refractivity contribution in [2.24, 2.45) is 0 Å². The first-order chi connectivity index (χ1) is 19.2. The van der Waals surface area contributed by atoms with E-state index in [-0.39, 0.29) is 30.9 Å². The van der Waals surface area contributed by atoms with E-state index in [9.17, 15) is 9.59 Å². The number of hydrogen-bond acceptors (Lipinski definition) is 9. The summed E-state index contributed by atoms with van der Waals surface area (Å²) < 4.78 is 17.0. The van der Waals surface area contributed by atoms with Crippen LogP contribution in [0.5, 0.6) is 17.4 Å². The summed E-state index contributed by atoms with van der Waals surface area (Å²) in [6.07, 6.45) is 0.985. The van der Waals surface area contributed by atoms with Gasteiger partial charge in [0.2, 0.25) is 11.8 Å². The highest BCUT2D eigenvalue weighted by atomic mass is 16.6. The van der Waals surface area contributed by atoms with E-state index in [0.29, 0.717) is 28.4 Å². The topological polar surface area (TPSA) is 144 Å². The molecule has 0 aliphatic carbocycles. The monoisotopic (exact) mass is 545 g/mol. The summed E-state index contributed by atoms with van der Waals surface area (Å²) >= 11 is 0. The number of methoxy groups -OCH3 is 1. The van der Waals surface area contributed by atoms with Gasteiger partial charge in [0, 0.05) is 29.6 Å². The molecular weight excluding hydrogens is 514 g/mol. The Morgan fingerprint density at radius 1 is 0.950 bits per heavy atom. The Hall–Kier alpha value is -4.90. The lowest BCUT2D eigenvalue weighted by molar-refractivity contribution is 0.0636. The minimum absolute atomic E-state index is 0.120. The number of hydrogen-bond donors (Lipinski definition) is 4. The Bertz CT molecular complexity index is 1520. The molecule has 0 fully saturated rings. The predicted octanol–water partition coefficient (Wildman–Crippen LogP) is 5.24. The van der Waals surface area contributed by atoms with Gasteiger partial charge < -0.3 is 30.0 Å². The van der Waals surface area contributed by atoms with Crippen molar-refractivity contribution in [3.8, 4) is 17.4 Å². The lowest BCUT2D eigenvalue weighted by Crippen LogP contribution is -2.27. The van der Waals surface area contributed by atoms with Crippen molar-refractivity contribution in [2.75, 3.05) is 30.9 Å². The first kappa shape index (κ1) is 28.1. The lowest BCUT2D eigenvalue weighted by atomic mass is 10.1. The molecule has 11 nitrogen and oxygen atoms in total. The summed E-state index contributed by atoms with van der Waals surface area (Å²) in [5.74, 6) is 0.925. The number of aromatic nitrogens is 2. The van der Waals surface area contributed by atoms with Crippen molar-refractivity contribution >= 4 is 40.1 Å². The fourth-order valence-electron chi connectivity index (χ4n) is 3.87. The van der Waals surface area contributed by atoms with E-state index >= 15 is 0 Å². The maximum Gasteiger partial charge on any atom is 0.412 e. The van der Waals surface area contributed by atoms with Crippen LogP contribution in [-0.2, 0) is 4.74 Å². The average molecular weight is 546 g/mol. The van der Waals surface area contributed by atoms with E-state index in [1.807, 2.05) is 24.3 Å². The van der Waals surface area contributed by atoms with Gasteiger partial charge in [-0.25, -0.2) is 9.78 Å². The molecule has 3 aromatic carbocycles. The van der Waals surface area contributed by atoms with E-state index in [1.54, 1.807) is 57.2 Å². The Labute approximate surface area is 231 Å². The van der Waals surface area contributed by atoms with Crippen molar-refractivity contribution in [2.45, 2.75) is 26.4 Å². The first-order valence-electron chi connectivity index (χ1n) is 12.5. The van der Waals surface area contributed by atoms with Crippen LogP contribution in [0, 0.1) is 0 Å². The number of carbonyl (C=O) groups is 2. The van der Waals surface area contributed by atoms with E-state index in [4.69, 9.17) is 19.3 Å². The quantitative estimate of drug-likeness (QED) is 0.222. The molecule has 0 saturated carbocycles. The smallest absolute Gasteiger partial charge is 0.412 e. The second kappa shape index (κ2) is 12.3. The van der Waals surface area contributed by atoms with Crippen molar-refractivity contribution in [3.05, 3.63) is 72.4 Å². The standard InChI is InChI=1S/C29H31N5O6/c1-29(2,3)40-28(37)33-21-12-13-23(19-9-6-5-8-18(19)21)39-24-14-15-31-27(34-24)32-22-11-7-10-20(25(22)38-4)26(36)30-16-17-35/h5-15,35H,16-17H2,1-4H3,(H,30,36)(H,33,37)(H,31,32,34). The molecule has 0 saturated heterocycles. The number of anilines is 3. The number of ether oxygens (including phenoxy) is 3. The Kier molecular flexibility index (Phi) is 8.65. The van der Waals surface area contributed by atoms with Gasteiger partial charge in [-0.05, 0) is 45.0 Å². The molecule has 0 bridgehead atoms. The number of benzene rings is 3. The molecule has 11 heteroatoms. The van der Waals surface area contributed by atoms with Crippen LogP contribution in [0.2, 0.25) is 0 Å². The number of para-hydroxylation sites is 1. The van der Waals surface area contributed by atoms with E-state index < -0.39 is 11.7 Å². The van der Waals surface area contributed by atoms with Crippen LogP contribution < -0.4 is 25.4 Å². The van der Waals surface area contributed by atoms with Crippen LogP contribution in [0.1, 0.15) is 31.1 Å². The second-order valence-corrected chi connectivity index (χ2v) is 9.60. The number of carbonyl (C=O) groups excluding carboxylic acids is 2. The highest BCUT2D eigenvalue weighted by molar-refractivity contribution is 6.03. The molecule has 4 aromatic rings. The van der Waals surface area contributed by atoms with E-state index in [2.05, 4.69) is 25.9 Å². The van der Waals surface area contributed by atoms with Gasteiger partial charge in [-0.2, -0.15) is 4.98 Å². The lowest BCUT2D eigenvalue weighted by Gasteiger charge is -2.20. The minimum Gasteiger partial charge on any atom is -0.494 e. The summed E-state index contributed by atoms with van der Waals surface area (Å²) in [4.78, 5) is 33.6. The van der Waals surface area contributed by atoms with Crippen LogP contribution in [0.4, 0.5) is 22.1 Å². The number of rotatable bonds is 9. The third kappa shape index (κ3) is 6.94. The Morgan fingerprint density at radius 2 is 1.73 bits per heavy atom. The number of aliphatic hydroxyl groups excluding tert-OH is 1. The summed E-state index contributed by atoms with van der Waals surface area (Å²) in [5, 5.41) is 19.0. The summed E-state index contributed by atoms with van der Waals surface area (Å²) in [5.41, 5.74) is 0.718. The fraction of sp³-hybridized carbons (Fsp3) is 0.241. The third-order valence-electron chi connectivity index (χ3n) is 5.47. The number of amides is 2. The van der Waals surface area contributed by atoms with Crippen molar-refractivity contribution < 1.29 is 28.9 Å². The molecule has 208 valence electrons. The van der Waals surface area contributed by atoms with E-state index in [0.717, 1.165) is 10.8 Å². The normalized spacial score (nSPS) is 11.0. The van der Waals surface area contributed by atoms with Gasteiger partial charge >= 0.3 is 6.09 Å². The molecule has 40 heavy (non-hydrogen) atoms. The number of nitrogens with zero attached hydrogens (tertiary/aromatic N) is 2. The van der Waals surface area contributed by atoms with E-state index in [1.165, 1.54) is 13.3 Å². The number of nitrogens with one attached hydrogen (secondary N) is 3. The molecule has 4 N–H and O–H groups in total. The second-order valence-electron chi connectivity index (χ2n) is 9.60. The molecule has 4 rings (SSSR count). The van der Waals surface area contributed by atoms with Crippen LogP contribution in [0.15, 0.2) is 66.9 Å². The summed E-state index contributed by atoms with van der Waals surface area (Å²) in [7, 11) is 1.45. The number of aliphatic hydroxyl groups is 1. The highest BCUT2D eigenvalue weighted by Crippen LogP contribution is 2.35. The van der Waals surface area contributed by atoms with Gasteiger partial charge in [0.15, 0.2) is 5.75 Å². The molecule has 0 unspecified atom stereocenters. The van der Waals surface area contributed by atoms with Gasteiger partial charge in [-0.15, -0.1) is 0 Å². The maximum absolute atomic E-state index is 12.5. The van der Waals surface area contributed by atoms with Crippen molar-refractivity contribution in [1.29, 1.82) is 0 Å². The molecule has 1 heterocycles. The number of fused-ring (bicyclic) bond motifs is 1. The van der Waals surface area contributed by atoms with Crippen LogP contribution >= 0.6 is 0 Å². The molecule has 2 amide bonds. The zero-order chi connectivity index (χ0) is 28.7. The SMILES string of the molecule is COc1c(Nc2nccc(Oc3ccc(NC(=O)OC(C)(C)C)c4ccccc34)n2)cccc1C(=O)NCCO. The zero-order valence-corrected chi connectivity index (χ0v) is 22.6. The van der Waals surface area contributed by atoms with Gasteiger partial charge in [-0.1, -0.05) is 30.3 Å². The molecule has 1 aromatic heterocycles. The van der Waals surface area contributed by atoms with Gasteiger partial charge in [0.1, 0.15) is 11.4 Å². The largest absolute Gasteiger partial charge is 0.494 e. The maximum atomic E-state index is 12.5. The molecule has 0 aliphatic rings. The Morgan fingerprint density at radius 3 is 2.45 bits per heavy atom. The van der Waals surface area contributed by atoms with Gasteiger partial charge in [0.05, 0.1) is 30.7 Å². The van der Waals surface area contributed by atoms with Crippen molar-refractivity contribution in [3.63, 3.8) is 0 Å². The first-order valence-corrected chi connectivity index (χ1v) is 12.5. The Balaban J connectivity index is 1.57. The van der Waals surface area contributed by atoms with Crippen molar-refractivity contribution in [1.82, 2.24) is 15.3 Å². The van der Waals surface area contributed by atoms with Crippen LogP contribution in [0.25, 0.3) is 10.8 Å². The molecule has 0 radical (unpaired) electrons. The predicted molar refractivity (Wildman–Crippen MR) is 152 cm³/mol. The van der Waals surface area contributed by atoms with Gasteiger partial charge in [0.25, 0.3) is 5.91 Å². The third-order valence-corrected chi connectivity index (χ3v) is 5.47. The average Bonchev–Trinajstić information content (AvgIpc) is 2.92. The van der Waals surface area contributed by atoms with Crippen LogP contribution in [-0.4, -0.2) is 52.9 Å². The highest BCUT2D eigenvalue weighted by Gasteiger charge is 2.19.